The number of carbonyl (C=O) groups excluding carboxylic acids is 2. The fourth-order valence-corrected chi connectivity index (χ4v) is 4.15. The van der Waals surface area contributed by atoms with Gasteiger partial charge < -0.3 is 14.0 Å². The number of esters is 1. The number of carbonyl (C=O) groups is 2. The van der Waals surface area contributed by atoms with Crippen molar-refractivity contribution in [2.24, 2.45) is 4.99 Å². The van der Waals surface area contributed by atoms with Crippen molar-refractivity contribution < 1.29 is 19.1 Å². The van der Waals surface area contributed by atoms with Gasteiger partial charge in [-0.1, -0.05) is 34.5 Å². The zero-order chi connectivity index (χ0) is 20.3. The van der Waals surface area contributed by atoms with Gasteiger partial charge in [0, 0.05) is 15.6 Å². The molecule has 0 aliphatic carbocycles. The maximum absolute atomic E-state index is 12.6. The van der Waals surface area contributed by atoms with E-state index in [1.54, 1.807) is 10.6 Å². The number of hydrogen-bond acceptors (Lipinski definition) is 5. The second-order valence-corrected chi connectivity index (χ2v) is 7.57. The van der Waals surface area contributed by atoms with E-state index in [2.05, 4.69) is 4.99 Å². The van der Waals surface area contributed by atoms with E-state index in [9.17, 15) is 9.59 Å². The maximum Gasteiger partial charge on any atom is 0.325 e. The predicted octanol–water partition coefficient (Wildman–Crippen LogP) is 4.32. The van der Waals surface area contributed by atoms with E-state index < -0.39 is 11.9 Å². The molecule has 0 radical (unpaired) electrons. The van der Waals surface area contributed by atoms with Crippen molar-refractivity contribution in [3.63, 3.8) is 0 Å². The van der Waals surface area contributed by atoms with Gasteiger partial charge in [0.05, 0.1) is 23.9 Å². The Labute approximate surface area is 174 Å². The Hall–Kier alpha value is -2.35. The normalized spacial score (nSPS) is 11.6. The van der Waals surface area contributed by atoms with Crippen LogP contribution in [0.1, 0.15) is 17.3 Å². The minimum Gasteiger partial charge on any atom is -0.494 e. The van der Waals surface area contributed by atoms with Gasteiger partial charge in [-0.2, -0.15) is 4.99 Å². The van der Waals surface area contributed by atoms with Crippen LogP contribution in [-0.2, 0) is 16.1 Å². The molecule has 1 amide bonds. The van der Waals surface area contributed by atoms with Gasteiger partial charge in [-0.15, -0.1) is 0 Å². The number of ether oxygens (including phenoxy) is 2. The Balaban J connectivity index is 2.13. The Morgan fingerprint density at radius 3 is 2.50 bits per heavy atom. The van der Waals surface area contributed by atoms with Crippen molar-refractivity contribution in [1.29, 1.82) is 0 Å². The van der Waals surface area contributed by atoms with Gasteiger partial charge in [0.15, 0.2) is 4.80 Å². The summed E-state index contributed by atoms with van der Waals surface area (Å²) >= 11 is 13.2. The van der Waals surface area contributed by atoms with Crippen molar-refractivity contribution in [2.75, 3.05) is 13.7 Å². The van der Waals surface area contributed by atoms with Crippen LogP contribution in [0.2, 0.25) is 10.0 Å². The molecule has 0 atom stereocenters. The summed E-state index contributed by atoms with van der Waals surface area (Å²) in [7, 11) is 1.31. The summed E-state index contributed by atoms with van der Waals surface area (Å²) in [4.78, 5) is 29.1. The molecular weight excluding hydrogens is 423 g/mol. The second-order valence-electron chi connectivity index (χ2n) is 5.68. The lowest BCUT2D eigenvalue weighted by Crippen LogP contribution is -2.22. The number of benzene rings is 2. The first-order valence-electron chi connectivity index (χ1n) is 8.29. The molecule has 0 spiro atoms. The minimum absolute atomic E-state index is 0.0765. The Morgan fingerprint density at radius 1 is 1.14 bits per heavy atom. The lowest BCUT2D eigenvalue weighted by Gasteiger charge is -2.05. The van der Waals surface area contributed by atoms with Crippen molar-refractivity contribution in [2.45, 2.75) is 13.5 Å². The molecule has 0 unspecified atom stereocenters. The molecule has 146 valence electrons. The SMILES string of the molecule is CCOc1ccc2c(c1)sc(=NC(=O)c1cc(Cl)cc(Cl)c1)n2CC(=O)OC. The first-order valence-corrected chi connectivity index (χ1v) is 9.86. The lowest BCUT2D eigenvalue weighted by molar-refractivity contribution is -0.141. The van der Waals surface area contributed by atoms with Crippen LogP contribution in [0, 0.1) is 0 Å². The monoisotopic (exact) mass is 438 g/mol. The number of methoxy groups -OCH3 is 1. The van der Waals surface area contributed by atoms with Crippen molar-refractivity contribution in [1.82, 2.24) is 4.57 Å². The van der Waals surface area contributed by atoms with Crippen LogP contribution in [0.25, 0.3) is 10.2 Å². The Bertz CT molecular complexity index is 1100. The summed E-state index contributed by atoms with van der Waals surface area (Å²) in [5.41, 5.74) is 1.00. The van der Waals surface area contributed by atoms with Crippen molar-refractivity contribution in [3.8, 4) is 5.75 Å². The molecule has 0 bridgehead atoms. The van der Waals surface area contributed by atoms with Crippen LogP contribution >= 0.6 is 34.5 Å². The quantitative estimate of drug-likeness (QED) is 0.556. The molecule has 3 rings (SSSR count). The molecule has 0 aliphatic rings. The average molecular weight is 439 g/mol. The third-order valence-corrected chi connectivity index (χ3v) is 5.26. The van der Waals surface area contributed by atoms with Gasteiger partial charge in [-0.05, 0) is 43.3 Å². The maximum atomic E-state index is 12.6. The fraction of sp³-hybridized carbons (Fsp3) is 0.211. The summed E-state index contributed by atoms with van der Waals surface area (Å²) in [6.45, 7) is 2.35. The molecule has 1 heterocycles. The minimum atomic E-state index is -0.514. The molecule has 9 heteroatoms. The molecular formula is C19H16Cl2N2O4S. The van der Waals surface area contributed by atoms with E-state index in [1.165, 1.54) is 36.6 Å². The zero-order valence-electron chi connectivity index (χ0n) is 15.1. The van der Waals surface area contributed by atoms with Gasteiger partial charge in [0.25, 0.3) is 5.91 Å². The second kappa shape index (κ2) is 8.77. The molecule has 0 fully saturated rings. The molecule has 0 aliphatic heterocycles. The van der Waals surface area contributed by atoms with Crippen LogP contribution < -0.4 is 9.54 Å². The molecule has 2 aromatic carbocycles. The first-order chi connectivity index (χ1) is 13.4. The molecule has 0 saturated heterocycles. The highest BCUT2D eigenvalue weighted by atomic mass is 35.5. The number of hydrogen-bond donors (Lipinski definition) is 0. The summed E-state index contributed by atoms with van der Waals surface area (Å²) in [5.74, 6) is -0.270. The third-order valence-electron chi connectivity index (χ3n) is 3.79. The molecule has 6 nitrogen and oxygen atoms in total. The highest BCUT2D eigenvalue weighted by Gasteiger charge is 2.14. The summed E-state index contributed by atoms with van der Waals surface area (Å²) < 4.78 is 12.7. The number of thiazole rings is 1. The van der Waals surface area contributed by atoms with Crippen molar-refractivity contribution >= 4 is 56.6 Å². The van der Waals surface area contributed by atoms with E-state index in [1.807, 2.05) is 19.1 Å². The van der Waals surface area contributed by atoms with E-state index in [4.69, 9.17) is 32.7 Å². The highest BCUT2D eigenvalue weighted by Crippen LogP contribution is 2.24. The van der Waals surface area contributed by atoms with Crippen LogP contribution in [0.15, 0.2) is 41.4 Å². The van der Waals surface area contributed by atoms with Gasteiger partial charge in [0.2, 0.25) is 0 Å². The average Bonchev–Trinajstić information content (AvgIpc) is 2.97. The van der Waals surface area contributed by atoms with E-state index in [0.717, 1.165) is 10.2 Å². The van der Waals surface area contributed by atoms with Gasteiger partial charge in [-0.3, -0.25) is 9.59 Å². The molecule has 0 saturated carbocycles. The Morgan fingerprint density at radius 2 is 1.86 bits per heavy atom. The predicted molar refractivity (Wildman–Crippen MR) is 109 cm³/mol. The molecule has 0 N–H and O–H groups in total. The first kappa shape index (κ1) is 20.4. The third kappa shape index (κ3) is 4.55. The van der Waals surface area contributed by atoms with Crippen LogP contribution in [0.4, 0.5) is 0 Å². The number of fused-ring (bicyclic) bond motifs is 1. The summed E-state index contributed by atoms with van der Waals surface area (Å²) in [6.07, 6.45) is 0. The highest BCUT2D eigenvalue weighted by molar-refractivity contribution is 7.16. The molecule has 3 aromatic rings. The number of nitrogens with zero attached hydrogens (tertiary/aromatic N) is 2. The van der Waals surface area contributed by atoms with E-state index >= 15 is 0 Å². The zero-order valence-corrected chi connectivity index (χ0v) is 17.4. The van der Waals surface area contributed by atoms with Crippen LogP contribution in [0.5, 0.6) is 5.75 Å². The fourth-order valence-electron chi connectivity index (χ4n) is 2.57. The van der Waals surface area contributed by atoms with Gasteiger partial charge in [0.1, 0.15) is 12.3 Å². The van der Waals surface area contributed by atoms with Crippen LogP contribution in [0.3, 0.4) is 0 Å². The van der Waals surface area contributed by atoms with Gasteiger partial charge >= 0.3 is 5.97 Å². The largest absolute Gasteiger partial charge is 0.494 e. The number of aromatic nitrogens is 1. The topological polar surface area (TPSA) is 69.9 Å². The number of halogens is 2. The van der Waals surface area contributed by atoms with Crippen LogP contribution in [-0.4, -0.2) is 30.2 Å². The van der Waals surface area contributed by atoms with Crippen molar-refractivity contribution in [3.05, 3.63) is 56.8 Å². The standard InChI is InChI=1S/C19H16Cl2N2O4S/c1-3-27-14-4-5-15-16(9-14)28-19(23(15)10-17(24)26-2)22-18(25)11-6-12(20)8-13(21)7-11/h4-9H,3,10H2,1-2H3. The summed E-state index contributed by atoms with van der Waals surface area (Å²) in [6, 6.07) is 9.98. The number of rotatable bonds is 5. The molecule has 28 heavy (non-hydrogen) atoms. The van der Waals surface area contributed by atoms with E-state index in [0.29, 0.717) is 27.2 Å². The Kier molecular flexibility index (Phi) is 6.39. The van der Waals surface area contributed by atoms with E-state index in [-0.39, 0.29) is 12.1 Å². The number of amides is 1. The lowest BCUT2D eigenvalue weighted by atomic mass is 10.2. The molecule has 1 aromatic heterocycles. The van der Waals surface area contributed by atoms with Gasteiger partial charge in [-0.25, -0.2) is 0 Å². The smallest absolute Gasteiger partial charge is 0.325 e. The summed E-state index contributed by atoms with van der Waals surface area (Å²) in [5, 5.41) is 0.678.